The average molecular weight is 2630 g/mol. The minimum absolute atomic E-state index is 0. The molecule has 0 aromatic heterocycles. The fourth-order valence-corrected chi connectivity index (χ4v) is 12.7. The molecular formula is C86H140Gd5N11O32. The summed E-state index contributed by atoms with van der Waals surface area (Å²) in [5, 5.41) is 160. The molecule has 0 saturated heterocycles. The summed E-state index contributed by atoms with van der Waals surface area (Å²) in [5.41, 5.74) is 10.3. The van der Waals surface area contributed by atoms with E-state index < -0.39 is 188 Å². The summed E-state index contributed by atoms with van der Waals surface area (Å²) in [6, 6.07) is 0. The number of allylic oxidation sites excluding steroid dienone is 4. The Kier molecular flexibility index (Phi) is 121. The van der Waals surface area contributed by atoms with Gasteiger partial charge in [-0.05, 0) is 64.2 Å². The zero-order valence-corrected chi connectivity index (χ0v) is 88.7. The van der Waals surface area contributed by atoms with Gasteiger partial charge in [-0.1, -0.05) is 192 Å². The van der Waals surface area contributed by atoms with E-state index in [9.17, 15) is 158 Å². The van der Waals surface area contributed by atoms with E-state index in [4.69, 9.17) is 11.5 Å². The Balaban J connectivity index is -0.000000178. The molecule has 0 aliphatic heterocycles. The van der Waals surface area contributed by atoms with Crippen molar-refractivity contribution in [1.82, 2.24) is 44.1 Å². The fraction of sp³-hybridized carbons (Fsp3) is 0.756. The molecule has 43 nitrogen and oxygen atoms in total. The molecule has 134 heavy (non-hydrogen) atoms. The third-order valence-electron chi connectivity index (χ3n) is 19.1. The summed E-state index contributed by atoms with van der Waals surface area (Å²) in [6.45, 7) is -7.93. The van der Waals surface area contributed by atoms with Crippen molar-refractivity contribution in [2.75, 3.05) is 177 Å². The molecule has 0 aliphatic rings. The van der Waals surface area contributed by atoms with E-state index in [1.54, 1.807) is 0 Å². The van der Waals surface area contributed by atoms with E-state index >= 15 is 0 Å². The number of amides is 2. The number of carboxylic acid groups (broad SMARTS) is 15. The fourth-order valence-electron chi connectivity index (χ4n) is 12.7. The van der Waals surface area contributed by atoms with Gasteiger partial charge in [0.15, 0.2) is 0 Å². The molecular weight excluding hydrogens is 2490 g/mol. The molecule has 0 aromatic rings. The molecule has 0 rings (SSSR count). The molecule has 0 bridgehead atoms. The second-order valence-electron chi connectivity index (χ2n) is 31.1. The summed E-state index contributed by atoms with van der Waals surface area (Å²) in [4.78, 5) is 190. The first-order chi connectivity index (χ1) is 61.0. The van der Waals surface area contributed by atoms with Crippen LogP contribution in [-0.2, 0) is 81.5 Å². The van der Waals surface area contributed by atoms with Gasteiger partial charge >= 0.3 is 200 Å². The summed E-state index contributed by atoms with van der Waals surface area (Å²) in [5.74, 6) is -23.3. The van der Waals surface area contributed by atoms with E-state index in [0.29, 0.717) is 12.8 Å². The van der Waals surface area contributed by atoms with Gasteiger partial charge in [0.05, 0.1) is 89.5 Å². The summed E-state index contributed by atoms with van der Waals surface area (Å²) in [6.07, 6.45) is 55.6. The Morgan fingerprint density at radius 2 is 0.276 bits per heavy atom. The third-order valence-corrected chi connectivity index (χ3v) is 19.1. The monoisotopic (exact) mass is 2630 g/mol. The largest absolute Gasteiger partial charge is 3.00 e. The Morgan fingerprint density at radius 3 is 0.396 bits per heavy atom. The van der Waals surface area contributed by atoms with Crippen molar-refractivity contribution in [3.8, 4) is 0 Å². The van der Waals surface area contributed by atoms with Crippen molar-refractivity contribution < 1.29 is 358 Å². The van der Waals surface area contributed by atoms with Gasteiger partial charge in [-0.2, -0.15) is 0 Å². The number of carbonyl (C=O) groups is 17. The molecule has 0 spiro atoms. The zero-order chi connectivity index (χ0) is 98.4. The summed E-state index contributed by atoms with van der Waals surface area (Å²) in [7, 11) is 0. The second-order valence-corrected chi connectivity index (χ2v) is 31.1. The standard InChI is InChI=1S/2C22H43NO.3C14H23N3O10.5Gd/c2*1-2-3-4-5-6-7-8-9-10-11-12-13-14-15-16-17-18-19-20-21-22(23)24;3*18-10(19)5-15(1-3-16(6-11(20)21)7-12(22)23)2-4-17(8-13(24)25)9-14(26)27;;;;;/h2*9-10H,2-8,11-21H2,1H3,(H2,23,24);3*1-9H2,(H,18,19)(H,20,21)(H,22,23)(H,24,25)(H,26,27);;;;;/q;;;;;5*+3/p-15/b2*10-9-;;;;;;;;. The molecule has 0 aromatic carbocycles. The van der Waals surface area contributed by atoms with Crippen molar-refractivity contribution in [3.05, 3.63) is 24.3 Å². The van der Waals surface area contributed by atoms with Gasteiger partial charge in [0, 0.05) is 190 Å². The van der Waals surface area contributed by atoms with Gasteiger partial charge in [-0.15, -0.1) is 0 Å². The van der Waals surface area contributed by atoms with Crippen LogP contribution >= 0.6 is 0 Å². The summed E-state index contributed by atoms with van der Waals surface area (Å²) >= 11 is 0. The normalized spacial score (nSPS) is 10.8. The van der Waals surface area contributed by atoms with E-state index in [0.717, 1.165) is 55.1 Å². The van der Waals surface area contributed by atoms with Crippen molar-refractivity contribution >= 4 is 101 Å². The number of primary amides is 2. The van der Waals surface area contributed by atoms with Crippen LogP contribution in [0.2, 0.25) is 0 Å². The van der Waals surface area contributed by atoms with Crippen molar-refractivity contribution in [3.63, 3.8) is 0 Å². The van der Waals surface area contributed by atoms with Crippen LogP contribution in [0.1, 0.15) is 245 Å². The van der Waals surface area contributed by atoms with Crippen LogP contribution < -0.4 is 88.1 Å². The number of unbranched alkanes of at least 4 members (excludes halogenated alkanes) is 30. The number of aliphatic carboxylic acids is 15. The molecule has 0 aliphatic carbocycles. The van der Waals surface area contributed by atoms with Crippen LogP contribution in [0, 0.1) is 200 Å². The van der Waals surface area contributed by atoms with Crippen molar-refractivity contribution in [2.45, 2.75) is 245 Å². The van der Waals surface area contributed by atoms with Gasteiger partial charge in [0.2, 0.25) is 11.8 Å². The van der Waals surface area contributed by atoms with Gasteiger partial charge in [0.1, 0.15) is 0 Å². The van der Waals surface area contributed by atoms with Crippen LogP contribution in [0.15, 0.2) is 24.3 Å². The predicted molar refractivity (Wildman–Crippen MR) is 437 cm³/mol. The van der Waals surface area contributed by atoms with Crippen LogP contribution in [0.3, 0.4) is 0 Å². The summed E-state index contributed by atoms with van der Waals surface area (Å²) < 4.78 is 0. The maximum Gasteiger partial charge on any atom is 3.00 e. The van der Waals surface area contributed by atoms with E-state index in [1.807, 2.05) is 0 Å². The Bertz CT molecular complexity index is 2700. The minimum Gasteiger partial charge on any atom is -0.549 e. The van der Waals surface area contributed by atoms with Crippen LogP contribution in [0.5, 0.6) is 0 Å². The van der Waals surface area contributed by atoms with Crippen molar-refractivity contribution in [1.29, 1.82) is 0 Å². The van der Waals surface area contributed by atoms with Crippen molar-refractivity contribution in [2.24, 2.45) is 11.5 Å². The molecule has 2 amide bonds. The minimum atomic E-state index is -1.54. The maximum atomic E-state index is 10.8. The molecule has 5 radical (unpaired) electrons. The first-order valence-electron chi connectivity index (χ1n) is 44.4. The van der Waals surface area contributed by atoms with Gasteiger partial charge in [0.25, 0.3) is 0 Å². The molecule has 48 heteroatoms. The smallest absolute Gasteiger partial charge is 0.549 e. The second kappa shape index (κ2) is 107. The number of hydrogen-bond acceptors (Lipinski definition) is 41. The molecule has 0 saturated carbocycles. The topological polar surface area (TPSA) is 717 Å². The Hall–Kier alpha value is -3.27. The van der Waals surface area contributed by atoms with E-state index in [2.05, 4.69) is 38.2 Å². The number of carboxylic acids is 15. The first-order valence-corrected chi connectivity index (χ1v) is 44.4. The van der Waals surface area contributed by atoms with Crippen LogP contribution in [0.25, 0.3) is 0 Å². The number of hydrogen-bond donors (Lipinski definition) is 2. The Labute approximate surface area is 949 Å². The van der Waals surface area contributed by atoms with Gasteiger partial charge < -0.3 is 160 Å². The number of carbonyl (C=O) groups excluding carboxylic acids is 17. The average Bonchev–Trinajstić information content (AvgIpc) is 0.946. The number of nitrogens with two attached hydrogens (primary N) is 2. The molecule has 0 unspecified atom stereocenters. The van der Waals surface area contributed by atoms with E-state index in [1.165, 1.54) is 207 Å². The van der Waals surface area contributed by atoms with Crippen LogP contribution in [-0.4, -0.2) is 322 Å². The van der Waals surface area contributed by atoms with E-state index in [-0.39, 0.29) is 290 Å². The maximum absolute atomic E-state index is 10.8. The Morgan fingerprint density at radius 1 is 0.172 bits per heavy atom. The van der Waals surface area contributed by atoms with Gasteiger partial charge in [-0.25, -0.2) is 0 Å². The molecule has 0 heterocycles. The quantitative estimate of drug-likeness (QED) is 0.0422. The van der Waals surface area contributed by atoms with Gasteiger partial charge in [-0.3, -0.25) is 53.7 Å². The van der Waals surface area contributed by atoms with Crippen LogP contribution in [0.4, 0.5) is 0 Å². The zero-order valence-electron chi connectivity index (χ0n) is 77.4. The molecule has 771 valence electrons. The molecule has 4 N–H and O–H groups in total. The first kappa shape index (κ1) is 151. The SMILES string of the molecule is CCCCCCCC/C=C\CCCCCCCCCCCC(N)=O.CCCCCCCC/C=C\CCCCCCCCCCCC(N)=O.O=C([O-])CN(CCN(CC(=O)[O-])CC(=O)[O-])CCN(CC(=O)[O-])CC(=O)[O-].O=C([O-])CN(CCN(CC(=O)[O-])CC(=O)[O-])CCN(CC(=O)[O-])CC(=O)[O-].O=C([O-])CN(CCN(CC(=O)[O-])CC(=O)[O-])CCN(CC(=O)[O-])CC(=O)[O-].[Gd+3].[Gd+3].[Gd+3].[Gd+3].[Gd+3]. The molecule has 0 fully saturated rings. The third kappa shape index (κ3) is 127. The molecule has 0 atom stereocenters. The number of rotatable bonds is 86. The predicted octanol–water partition coefficient (Wildman–Crippen LogP) is -13.9. The number of nitrogens with zero attached hydrogens (tertiary/aromatic N) is 9.